The van der Waals surface area contributed by atoms with Gasteiger partial charge in [0, 0.05) is 18.8 Å². The lowest BCUT2D eigenvalue weighted by Gasteiger charge is -2.22. The number of carbonyl (C=O) groups excluding carboxylic acids is 1. The highest BCUT2D eigenvalue weighted by atomic mass is 32.2. The molecule has 1 heterocycles. The molecule has 1 aromatic heterocycles. The number of H-pyrrole nitrogens is 1. The van der Waals surface area contributed by atoms with Gasteiger partial charge < -0.3 is 4.74 Å². The third-order valence-electron chi connectivity index (χ3n) is 3.86. The van der Waals surface area contributed by atoms with E-state index >= 15 is 0 Å². The van der Waals surface area contributed by atoms with Crippen molar-refractivity contribution < 1.29 is 17.9 Å². The smallest absolute Gasteiger partial charge is 0.343 e. The van der Waals surface area contributed by atoms with Crippen LogP contribution in [0.15, 0.2) is 5.03 Å². The first-order valence-corrected chi connectivity index (χ1v) is 8.53. The molecule has 0 aliphatic heterocycles. The van der Waals surface area contributed by atoms with Gasteiger partial charge in [0.25, 0.3) is 10.0 Å². The molecule has 21 heavy (non-hydrogen) atoms. The Morgan fingerprint density at radius 3 is 2.62 bits per heavy atom. The van der Waals surface area contributed by atoms with Crippen molar-refractivity contribution in [1.82, 2.24) is 14.5 Å². The van der Waals surface area contributed by atoms with Crippen molar-refractivity contribution in [3.63, 3.8) is 0 Å². The number of aromatic nitrogens is 2. The van der Waals surface area contributed by atoms with Crippen LogP contribution in [-0.4, -0.2) is 48.6 Å². The van der Waals surface area contributed by atoms with Gasteiger partial charge >= 0.3 is 5.97 Å². The van der Waals surface area contributed by atoms with Crippen LogP contribution in [0.2, 0.25) is 0 Å². The topological polar surface area (TPSA) is 92.4 Å². The van der Waals surface area contributed by atoms with Gasteiger partial charge in [-0.3, -0.25) is 5.10 Å². The largest absolute Gasteiger partial charge is 0.462 e. The van der Waals surface area contributed by atoms with Gasteiger partial charge in [-0.05, 0) is 26.7 Å². The van der Waals surface area contributed by atoms with Crippen LogP contribution < -0.4 is 0 Å². The molecule has 2 rings (SSSR count). The van der Waals surface area contributed by atoms with Gasteiger partial charge in [-0.25, -0.2) is 13.2 Å². The Kier molecular flexibility index (Phi) is 4.67. The van der Waals surface area contributed by atoms with E-state index in [1.807, 2.05) is 0 Å². The SMILES string of the molecule is CCOC(=O)c1c(S(=O)(=O)N(C)C2CCCC2)n[nH]c1C. The summed E-state index contributed by atoms with van der Waals surface area (Å²) in [5.41, 5.74) is 0.397. The normalized spacial score (nSPS) is 16.6. The Labute approximate surface area is 124 Å². The lowest BCUT2D eigenvalue weighted by Crippen LogP contribution is -2.36. The number of hydrogen-bond donors (Lipinski definition) is 1. The summed E-state index contributed by atoms with van der Waals surface area (Å²) in [6.45, 7) is 3.46. The Bertz CT molecular complexity index is 617. The second kappa shape index (κ2) is 6.15. The number of rotatable bonds is 5. The molecular weight excluding hydrogens is 294 g/mol. The number of esters is 1. The number of nitrogens with zero attached hydrogens (tertiary/aromatic N) is 2. The summed E-state index contributed by atoms with van der Waals surface area (Å²) < 4.78 is 31.7. The summed E-state index contributed by atoms with van der Waals surface area (Å²) in [6, 6.07) is -0.0259. The second-order valence-electron chi connectivity index (χ2n) is 5.21. The van der Waals surface area contributed by atoms with Gasteiger partial charge in [-0.15, -0.1) is 0 Å². The molecule has 1 aliphatic rings. The average molecular weight is 315 g/mol. The van der Waals surface area contributed by atoms with Crippen molar-refractivity contribution in [2.24, 2.45) is 0 Å². The molecule has 1 N–H and O–H groups in total. The maximum atomic E-state index is 12.7. The standard InChI is InChI=1S/C13H21N3O4S/c1-4-20-13(17)11-9(2)14-15-12(11)21(18,19)16(3)10-7-5-6-8-10/h10H,4-8H2,1-3H3,(H,14,15). The first-order chi connectivity index (χ1) is 9.89. The van der Waals surface area contributed by atoms with Crippen molar-refractivity contribution in [1.29, 1.82) is 0 Å². The summed E-state index contributed by atoms with van der Waals surface area (Å²) in [6.07, 6.45) is 3.73. The van der Waals surface area contributed by atoms with Gasteiger partial charge in [0.15, 0.2) is 0 Å². The van der Waals surface area contributed by atoms with Crippen LogP contribution in [0.25, 0.3) is 0 Å². The van der Waals surface area contributed by atoms with Crippen molar-refractivity contribution in [2.75, 3.05) is 13.7 Å². The van der Waals surface area contributed by atoms with Crippen molar-refractivity contribution in [3.05, 3.63) is 11.3 Å². The molecule has 8 heteroatoms. The first kappa shape index (κ1) is 16.0. The molecule has 1 aromatic rings. The zero-order valence-electron chi connectivity index (χ0n) is 12.5. The van der Waals surface area contributed by atoms with Crippen LogP contribution in [0.1, 0.15) is 48.7 Å². The molecule has 0 saturated heterocycles. The van der Waals surface area contributed by atoms with Gasteiger partial charge in [0.1, 0.15) is 5.56 Å². The van der Waals surface area contributed by atoms with Crippen molar-refractivity contribution >= 4 is 16.0 Å². The molecule has 118 valence electrons. The van der Waals surface area contributed by atoms with E-state index < -0.39 is 16.0 Å². The van der Waals surface area contributed by atoms with Crippen LogP contribution in [0, 0.1) is 6.92 Å². The van der Waals surface area contributed by atoms with Crippen molar-refractivity contribution in [2.45, 2.75) is 50.6 Å². The van der Waals surface area contributed by atoms with E-state index in [1.165, 1.54) is 4.31 Å². The fourth-order valence-electron chi connectivity index (χ4n) is 2.64. The third-order valence-corrected chi connectivity index (χ3v) is 5.70. The molecule has 1 saturated carbocycles. The van der Waals surface area contributed by atoms with Crippen molar-refractivity contribution in [3.8, 4) is 0 Å². The van der Waals surface area contributed by atoms with E-state index in [2.05, 4.69) is 10.2 Å². The summed E-state index contributed by atoms with van der Waals surface area (Å²) in [4.78, 5) is 12.0. The zero-order valence-corrected chi connectivity index (χ0v) is 13.4. The quantitative estimate of drug-likeness (QED) is 0.830. The summed E-state index contributed by atoms with van der Waals surface area (Å²) >= 11 is 0. The Morgan fingerprint density at radius 1 is 1.43 bits per heavy atom. The summed E-state index contributed by atoms with van der Waals surface area (Å²) in [7, 11) is -2.26. The van der Waals surface area contributed by atoms with E-state index in [4.69, 9.17) is 4.74 Å². The highest BCUT2D eigenvalue weighted by Gasteiger charge is 2.36. The van der Waals surface area contributed by atoms with Crippen LogP contribution in [0.4, 0.5) is 0 Å². The van der Waals surface area contributed by atoms with Crippen LogP contribution in [0.3, 0.4) is 0 Å². The molecule has 1 aliphatic carbocycles. The molecule has 0 bridgehead atoms. The Balaban J connectivity index is 2.38. The molecule has 7 nitrogen and oxygen atoms in total. The minimum absolute atomic E-state index is 0.00157. The predicted octanol–water partition coefficient (Wildman–Crippen LogP) is 1.46. The molecule has 0 unspecified atom stereocenters. The first-order valence-electron chi connectivity index (χ1n) is 7.09. The fraction of sp³-hybridized carbons (Fsp3) is 0.692. The molecule has 0 spiro atoms. The van der Waals surface area contributed by atoms with Crippen LogP contribution in [0.5, 0.6) is 0 Å². The number of nitrogens with one attached hydrogen (secondary N) is 1. The fourth-order valence-corrected chi connectivity index (χ4v) is 4.17. The lowest BCUT2D eigenvalue weighted by molar-refractivity contribution is 0.0520. The van der Waals surface area contributed by atoms with Gasteiger partial charge in [-0.1, -0.05) is 12.8 Å². The summed E-state index contributed by atoms with van der Waals surface area (Å²) in [5.74, 6) is -0.665. The monoisotopic (exact) mass is 315 g/mol. The van der Waals surface area contributed by atoms with Gasteiger partial charge in [0.2, 0.25) is 5.03 Å². The number of aryl methyl sites for hydroxylation is 1. The van der Waals surface area contributed by atoms with Gasteiger partial charge in [0.05, 0.1) is 6.61 Å². The van der Waals surface area contributed by atoms with E-state index in [0.717, 1.165) is 25.7 Å². The third kappa shape index (κ3) is 2.96. The predicted molar refractivity (Wildman–Crippen MR) is 76.5 cm³/mol. The molecule has 0 aromatic carbocycles. The minimum atomic E-state index is -3.81. The number of hydrogen-bond acceptors (Lipinski definition) is 5. The number of sulfonamides is 1. The molecular formula is C13H21N3O4S. The van der Waals surface area contributed by atoms with E-state index in [0.29, 0.717) is 5.69 Å². The minimum Gasteiger partial charge on any atom is -0.462 e. The van der Waals surface area contributed by atoms with Crippen LogP contribution in [-0.2, 0) is 14.8 Å². The second-order valence-corrected chi connectivity index (χ2v) is 7.12. The molecule has 0 radical (unpaired) electrons. The van der Waals surface area contributed by atoms with Gasteiger partial charge in [-0.2, -0.15) is 9.40 Å². The zero-order chi connectivity index (χ0) is 15.6. The summed E-state index contributed by atoms with van der Waals surface area (Å²) in [5, 5.41) is 6.16. The highest BCUT2D eigenvalue weighted by Crippen LogP contribution is 2.28. The lowest BCUT2D eigenvalue weighted by atomic mass is 10.3. The van der Waals surface area contributed by atoms with E-state index in [9.17, 15) is 13.2 Å². The molecule has 0 atom stereocenters. The number of ether oxygens (including phenoxy) is 1. The maximum Gasteiger partial charge on any atom is 0.343 e. The van der Waals surface area contributed by atoms with E-state index in [-0.39, 0.29) is 23.2 Å². The highest BCUT2D eigenvalue weighted by molar-refractivity contribution is 7.89. The average Bonchev–Trinajstić information content (AvgIpc) is 3.07. The number of aromatic amines is 1. The maximum absolute atomic E-state index is 12.7. The van der Waals surface area contributed by atoms with E-state index in [1.54, 1.807) is 20.9 Å². The van der Waals surface area contributed by atoms with Crippen LogP contribution >= 0.6 is 0 Å². The molecule has 0 amide bonds. The Morgan fingerprint density at radius 2 is 2.05 bits per heavy atom. The Hall–Kier alpha value is -1.41. The number of carbonyl (C=O) groups is 1. The molecule has 1 fully saturated rings.